The van der Waals surface area contributed by atoms with Crippen LogP contribution in [0, 0.1) is 0 Å². The second-order valence-corrected chi connectivity index (χ2v) is 3.45. The minimum absolute atomic E-state index is 0.00819. The van der Waals surface area contributed by atoms with Gasteiger partial charge in [-0.3, -0.25) is 0 Å². The van der Waals surface area contributed by atoms with Gasteiger partial charge in [-0.15, -0.1) is 0 Å². The summed E-state index contributed by atoms with van der Waals surface area (Å²) in [4.78, 5) is 15.5. The molecule has 2 atom stereocenters. The Morgan fingerprint density at radius 1 is 1.67 bits per heavy atom. The number of guanidine groups is 1. The van der Waals surface area contributed by atoms with E-state index in [4.69, 9.17) is 16.2 Å². The van der Waals surface area contributed by atoms with Crippen molar-refractivity contribution < 1.29 is 9.53 Å². The molecule has 6 heteroatoms. The van der Waals surface area contributed by atoms with Crippen LogP contribution in [0.25, 0.3) is 0 Å². The zero-order chi connectivity index (χ0) is 11.3. The van der Waals surface area contributed by atoms with E-state index in [-0.39, 0.29) is 18.0 Å². The Labute approximate surface area is 89.1 Å². The first kappa shape index (κ1) is 11.8. The van der Waals surface area contributed by atoms with Gasteiger partial charge in [0.2, 0.25) is 0 Å². The number of esters is 1. The Hall–Kier alpha value is -1.30. The molecular weight excluding hydrogens is 196 g/mol. The van der Waals surface area contributed by atoms with E-state index in [1.807, 2.05) is 0 Å². The molecule has 0 spiro atoms. The summed E-state index contributed by atoms with van der Waals surface area (Å²) in [6.45, 7) is 2.98. The predicted octanol–water partition coefficient (Wildman–Crippen LogP) is -1.06. The van der Waals surface area contributed by atoms with Crippen LogP contribution in [0.2, 0.25) is 0 Å². The van der Waals surface area contributed by atoms with Gasteiger partial charge in [-0.2, -0.15) is 0 Å². The lowest BCUT2D eigenvalue weighted by atomic mass is 10.1. The van der Waals surface area contributed by atoms with Crippen molar-refractivity contribution >= 4 is 11.9 Å². The van der Waals surface area contributed by atoms with Gasteiger partial charge < -0.3 is 21.5 Å². The van der Waals surface area contributed by atoms with Crippen LogP contribution in [-0.2, 0) is 9.53 Å². The third-order valence-corrected chi connectivity index (χ3v) is 2.30. The lowest BCUT2D eigenvalue weighted by molar-refractivity contribution is -0.145. The van der Waals surface area contributed by atoms with Gasteiger partial charge in [0.1, 0.15) is 0 Å². The third kappa shape index (κ3) is 3.39. The highest BCUT2D eigenvalue weighted by Gasteiger charge is 2.31. The molecule has 6 nitrogen and oxygen atoms in total. The van der Waals surface area contributed by atoms with E-state index in [1.165, 1.54) is 0 Å². The molecule has 0 aromatic rings. The summed E-state index contributed by atoms with van der Waals surface area (Å²) in [5.41, 5.74) is 10.6. The van der Waals surface area contributed by atoms with Gasteiger partial charge >= 0.3 is 5.97 Å². The number of nitrogens with two attached hydrogens (primary N) is 2. The van der Waals surface area contributed by atoms with Gasteiger partial charge in [-0.05, 0) is 26.3 Å². The molecule has 1 aliphatic rings. The van der Waals surface area contributed by atoms with Gasteiger partial charge in [-0.25, -0.2) is 9.79 Å². The molecule has 15 heavy (non-hydrogen) atoms. The number of carbonyl (C=O) groups excluding carboxylic acids is 1. The molecule has 1 heterocycles. The third-order valence-electron chi connectivity index (χ3n) is 2.30. The molecule has 0 saturated carbocycles. The normalized spacial score (nSPS) is 22.1. The Kier molecular flexibility index (Phi) is 4.36. The molecule has 2 unspecified atom stereocenters. The van der Waals surface area contributed by atoms with Crippen molar-refractivity contribution in [3.05, 3.63) is 0 Å². The fourth-order valence-electron chi connectivity index (χ4n) is 1.68. The molecule has 86 valence electrons. The Balaban J connectivity index is 2.67. The summed E-state index contributed by atoms with van der Waals surface area (Å²) in [6.07, 6.45) is 1.92. The van der Waals surface area contributed by atoms with Crippen LogP contribution in [0.5, 0.6) is 0 Å². The van der Waals surface area contributed by atoms with Crippen molar-refractivity contribution in [3.8, 4) is 0 Å². The first-order valence-electron chi connectivity index (χ1n) is 5.14. The maximum atomic E-state index is 11.6. The van der Waals surface area contributed by atoms with Crippen molar-refractivity contribution in [3.63, 3.8) is 0 Å². The maximum absolute atomic E-state index is 11.6. The highest BCUT2D eigenvalue weighted by Crippen LogP contribution is 2.13. The van der Waals surface area contributed by atoms with Gasteiger partial charge in [0, 0.05) is 6.04 Å². The smallest absolute Gasteiger partial charge is 0.332 e. The van der Waals surface area contributed by atoms with Gasteiger partial charge in [0.05, 0.1) is 6.61 Å². The number of nitrogens with zero attached hydrogens (tertiary/aromatic N) is 1. The highest BCUT2D eigenvalue weighted by atomic mass is 16.5. The van der Waals surface area contributed by atoms with Crippen molar-refractivity contribution in [2.45, 2.75) is 31.8 Å². The largest absolute Gasteiger partial charge is 0.464 e. The SMILES string of the molecule is CCOC(=O)C(N=C(N)N)C1CCCN1. The van der Waals surface area contributed by atoms with Crippen LogP contribution in [0.15, 0.2) is 4.99 Å². The van der Waals surface area contributed by atoms with Crippen LogP contribution in [-0.4, -0.2) is 37.2 Å². The molecule has 0 bridgehead atoms. The summed E-state index contributed by atoms with van der Waals surface area (Å²) in [5.74, 6) is -0.452. The van der Waals surface area contributed by atoms with Gasteiger partial charge in [0.25, 0.3) is 0 Å². The Morgan fingerprint density at radius 3 is 2.87 bits per heavy atom. The van der Waals surface area contributed by atoms with Crippen molar-refractivity contribution in [2.75, 3.05) is 13.2 Å². The van der Waals surface area contributed by atoms with Crippen LogP contribution in [0.4, 0.5) is 0 Å². The van der Waals surface area contributed by atoms with E-state index in [0.29, 0.717) is 6.61 Å². The molecule has 0 aliphatic carbocycles. The summed E-state index contributed by atoms with van der Waals surface area (Å²) >= 11 is 0. The first-order valence-corrected chi connectivity index (χ1v) is 5.14. The van der Waals surface area contributed by atoms with E-state index >= 15 is 0 Å². The molecular formula is C9H18N4O2. The average molecular weight is 214 g/mol. The van der Waals surface area contributed by atoms with E-state index in [1.54, 1.807) is 6.92 Å². The van der Waals surface area contributed by atoms with Crippen LogP contribution in [0.3, 0.4) is 0 Å². The number of hydrogen-bond donors (Lipinski definition) is 3. The van der Waals surface area contributed by atoms with E-state index in [0.717, 1.165) is 19.4 Å². The minimum atomic E-state index is -0.613. The second-order valence-electron chi connectivity index (χ2n) is 3.45. The van der Waals surface area contributed by atoms with E-state index in [9.17, 15) is 4.79 Å². The fraction of sp³-hybridized carbons (Fsp3) is 0.778. The Morgan fingerprint density at radius 2 is 2.40 bits per heavy atom. The van der Waals surface area contributed by atoms with Crippen LogP contribution in [0.1, 0.15) is 19.8 Å². The summed E-state index contributed by atoms with van der Waals surface area (Å²) in [6, 6.07) is -0.622. The average Bonchev–Trinajstić information content (AvgIpc) is 2.66. The number of nitrogens with one attached hydrogen (secondary N) is 1. The van der Waals surface area contributed by atoms with Crippen LogP contribution < -0.4 is 16.8 Å². The van der Waals surface area contributed by atoms with Gasteiger partial charge in [-0.1, -0.05) is 0 Å². The Bertz CT molecular complexity index is 244. The van der Waals surface area contributed by atoms with Gasteiger partial charge in [0.15, 0.2) is 12.0 Å². The monoisotopic (exact) mass is 214 g/mol. The molecule has 0 amide bonds. The molecule has 5 N–H and O–H groups in total. The molecule has 1 saturated heterocycles. The topological polar surface area (TPSA) is 103 Å². The number of aliphatic imine (C=N–C) groups is 1. The van der Waals surface area contributed by atoms with E-state index < -0.39 is 6.04 Å². The first-order chi connectivity index (χ1) is 7.15. The molecule has 1 fully saturated rings. The minimum Gasteiger partial charge on any atom is -0.464 e. The molecule has 0 aromatic carbocycles. The number of hydrogen-bond acceptors (Lipinski definition) is 4. The molecule has 0 radical (unpaired) electrons. The summed E-state index contributed by atoms with van der Waals surface area (Å²) in [7, 11) is 0. The fourth-order valence-corrected chi connectivity index (χ4v) is 1.68. The highest BCUT2D eigenvalue weighted by molar-refractivity contribution is 5.83. The number of carbonyl (C=O) groups is 1. The van der Waals surface area contributed by atoms with Crippen molar-refractivity contribution in [1.82, 2.24) is 5.32 Å². The number of ether oxygens (including phenoxy) is 1. The lowest BCUT2D eigenvalue weighted by Gasteiger charge is -2.18. The summed E-state index contributed by atoms with van der Waals surface area (Å²) < 4.78 is 4.92. The molecule has 0 aromatic heterocycles. The van der Waals surface area contributed by atoms with E-state index in [2.05, 4.69) is 10.3 Å². The standard InChI is InChI=1S/C9H18N4O2/c1-2-15-8(14)7(13-9(10)11)6-4-3-5-12-6/h6-7,12H,2-5H2,1H3,(H4,10,11,13). The molecule has 1 rings (SSSR count). The van der Waals surface area contributed by atoms with Crippen molar-refractivity contribution in [2.24, 2.45) is 16.5 Å². The number of rotatable bonds is 4. The predicted molar refractivity (Wildman–Crippen MR) is 57.3 cm³/mol. The lowest BCUT2D eigenvalue weighted by Crippen LogP contribution is -2.42. The van der Waals surface area contributed by atoms with Crippen molar-refractivity contribution in [1.29, 1.82) is 0 Å². The zero-order valence-electron chi connectivity index (χ0n) is 8.90. The van der Waals surface area contributed by atoms with Crippen LogP contribution >= 0.6 is 0 Å². The summed E-state index contributed by atoms with van der Waals surface area (Å²) in [5, 5.41) is 3.18. The maximum Gasteiger partial charge on any atom is 0.332 e. The quantitative estimate of drug-likeness (QED) is 0.314. The molecule has 1 aliphatic heterocycles. The zero-order valence-corrected chi connectivity index (χ0v) is 8.90. The second kappa shape index (κ2) is 5.55.